The molecule has 1 aliphatic rings. The highest BCUT2D eigenvalue weighted by Crippen LogP contribution is 2.27. The Labute approximate surface area is 213 Å². The van der Waals surface area contributed by atoms with E-state index in [2.05, 4.69) is 10.2 Å². The minimum absolute atomic E-state index is 0.0340. The van der Waals surface area contributed by atoms with Crippen molar-refractivity contribution in [3.8, 4) is 5.75 Å². The first kappa shape index (κ1) is 24.1. The van der Waals surface area contributed by atoms with Crippen LogP contribution in [0.2, 0.25) is 0 Å². The summed E-state index contributed by atoms with van der Waals surface area (Å²) >= 11 is 0. The van der Waals surface area contributed by atoms with E-state index in [1.165, 1.54) is 13.2 Å². The lowest BCUT2D eigenvalue weighted by atomic mass is 10.1. The van der Waals surface area contributed by atoms with Crippen LogP contribution in [0.5, 0.6) is 5.75 Å². The van der Waals surface area contributed by atoms with Crippen molar-refractivity contribution < 1.29 is 23.5 Å². The average molecular weight is 499 g/mol. The highest BCUT2D eigenvalue weighted by molar-refractivity contribution is 5.96. The number of piperazine rings is 1. The van der Waals surface area contributed by atoms with Crippen LogP contribution in [0.1, 0.15) is 27.8 Å². The number of fused-ring (bicyclic) bond motifs is 1. The molecule has 0 aliphatic carbocycles. The molecule has 9 heteroatoms. The topological polar surface area (TPSA) is 105 Å². The second-order valence-electron chi connectivity index (χ2n) is 8.72. The van der Waals surface area contributed by atoms with Crippen LogP contribution in [0.15, 0.2) is 77.4 Å². The van der Waals surface area contributed by atoms with E-state index in [1.54, 1.807) is 47.4 Å². The number of ether oxygens (including phenoxy) is 1. The number of nitrogens with zero attached hydrogens (tertiary/aromatic N) is 3. The second-order valence-corrected chi connectivity index (χ2v) is 8.72. The molecule has 1 N–H and O–H groups in total. The Bertz CT molecular complexity index is 1430. The highest BCUT2D eigenvalue weighted by Gasteiger charge is 2.24. The van der Waals surface area contributed by atoms with Crippen LogP contribution in [0.4, 0.5) is 11.5 Å². The number of furan rings is 1. The molecule has 2 aromatic carbocycles. The van der Waals surface area contributed by atoms with Crippen LogP contribution in [0.25, 0.3) is 10.9 Å². The monoisotopic (exact) mass is 498 g/mol. The number of nitrogens with one attached hydrogen (secondary N) is 1. The lowest BCUT2D eigenvalue weighted by Gasteiger charge is -2.35. The van der Waals surface area contributed by atoms with Gasteiger partial charge < -0.3 is 24.3 Å². The van der Waals surface area contributed by atoms with Crippen LogP contribution < -0.4 is 15.0 Å². The molecule has 1 aliphatic heterocycles. The van der Waals surface area contributed by atoms with Crippen molar-refractivity contribution in [1.29, 1.82) is 0 Å². The number of ketones is 1. The number of carbonyl (C=O) groups is 3. The summed E-state index contributed by atoms with van der Waals surface area (Å²) in [6, 6.07) is 19.6. The van der Waals surface area contributed by atoms with Crippen molar-refractivity contribution in [3.05, 3.63) is 84.3 Å². The Balaban J connectivity index is 1.23. The van der Waals surface area contributed by atoms with E-state index in [4.69, 9.17) is 14.1 Å². The minimum Gasteiger partial charge on any atom is -0.481 e. The number of rotatable bonds is 7. The number of hydrogen-bond donors (Lipinski definition) is 1. The summed E-state index contributed by atoms with van der Waals surface area (Å²) in [5.41, 5.74) is 1.83. The van der Waals surface area contributed by atoms with Crippen LogP contribution in [0.3, 0.4) is 0 Å². The third kappa shape index (κ3) is 5.45. The van der Waals surface area contributed by atoms with Crippen LogP contribution in [-0.4, -0.2) is 60.3 Å². The maximum Gasteiger partial charge on any atom is 0.289 e. The van der Waals surface area contributed by atoms with Gasteiger partial charge in [-0.3, -0.25) is 14.4 Å². The second kappa shape index (κ2) is 10.5. The Morgan fingerprint density at radius 1 is 0.946 bits per heavy atom. The molecule has 3 heterocycles. The molecule has 4 aromatic rings. The van der Waals surface area contributed by atoms with Gasteiger partial charge in [0.15, 0.2) is 18.2 Å². The van der Waals surface area contributed by atoms with Crippen molar-refractivity contribution in [2.24, 2.45) is 0 Å². The van der Waals surface area contributed by atoms with Gasteiger partial charge in [0.05, 0.1) is 6.26 Å². The Morgan fingerprint density at radius 2 is 1.73 bits per heavy atom. The molecule has 2 aromatic heterocycles. The van der Waals surface area contributed by atoms with Gasteiger partial charge in [-0.1, -0.05) is 12.1 Å². The fourth-order valence-corrected chi connectivity index (χ4v) is 4.23. The standard InChI is InChI=1S/C28H26N4O5/c1-19(33)20-7-10-22(11-8-20)29-26(34)18-37-23-5-2-4-21-9-12-25(30-27(21)23)31-13-15-32(16-14-31)28(35)24-6-3-17-36-24/h2-12,17H,13-16,18H2,1H3,(H,29,34). The van der Waals surface area contributed by atoms with Crippen LogP contribution >= 0.6 is 0 Å². The molecular weight excluding hydrogens is 472 g/mol. The molecule has 2 amide bonds. The molecule has 0 saturated carbocycles. The van der Waals surface area contributed by atoms with E-state index in [-0.39, 0.29) is 24.2 Å². The molecule has 9 nitrogen and oxygen atoms in total. The SMILES string of the molecule is CC(=O)c1ccc(NC(=O)COc2cccc3ccc(N4CCN(C(=O)c5ccco5)CC4)nc23)cc1. The van der Waals surface area contributed by atoms with Gasteiger partial charge in [-0.25, -0.2) is 4.98 Å². The van der Waals surface area contributed by atoms with Gasteiger partial charge in [-0.2, -0.15) is 0 Å². The number of aromatic nitrogens is 1. The Morgan fingerprint density at radius 3 is 2.43 bits per heavy atom. The fraction of sp³-hybridized carbons (Fsp3) is 0.214. The van der Waals surface area contributed by atoms with Crippen LogP contribution in [-0.2, 0) is 4.79 Å². The summed E-state index contributed by atoms with van der Waals surface area (Å²) in [7, 11) is 0. The number of Topliss-reactive ketones (excluding diaryl/α,β-unsaturated/α-hetero) is 1. The number of pyridine rings is 1. The zero-order chi connectivity index (χ0) is 25.8. The molecule has 37 heavy (non-hydrogen) atoms. The lowest BCUT2D eigenvalue weighted by Crippen LogP contribution is -2.49. The number of carbonyl (C=O) groups excluding carboxylic acids is 3. The zero-order valence-corrected chi connectivity index (χ0v) is 20.3. The van der Waals surface area contributed by atoms with Gasteiger partial charge in [0.2, 0.25) is 0 Å². The smallest absolute Gasteiger partial charge is 0.289 e. The first-order valence-electron chi connectivity index (χ1n) is 12.0. The Kier molecular flexibility index (Phi) is 6.85. The molecular formula is C28H26N4O5. The third-order valence-corrected chi connectivity index (χ3v) is 6.23. The molecule has 0 spiro atoms. The van der Waals surface area contributed by atoms with Gasteiger partial charge in [0, 0.05) is 42.8 Å². The van der Waals surface area contributed by atoms with Gasteiger partial charge in [-0.05, 0) is 61.5 Å². The predicted octanol–water partition coefficient (Wildman–Crippen LogP) is 4.01. The molecule has 0 unspecified atom stereocenters. The van der Waals surface area contributed by atoms with Crippen molar-refractivity contribution in [2.45, 2.75) is 6.92 Å². The van der Waals surface area contributed by atoms with E-state index in [0.717, 1.165) is 11.2 Å². The zero-order valence-electron chi connectivity index (χ0n) is 20.3. The summed E-state index contributed by atoms with van der Waals surface area (Å²) in [4.78, 5) is 45.1. The third-order valence-electron chi connectivity index (χ3n) is 6.23. The van der Waals surface area contributed by atoms with E-state index in [9.17, 15) is 14.4 Å². The maximum atomic E-state index is 12.5. The molecule has 188 valence electrons. The number of benzene rings is 2. The largest absolute Gasteiger partial charge is 0.481 e. The van der Waals surface area contributed by atoms with E-state index in [1.807, 2.05) is 24.3 Å². The first-order valence-corrected chi connectivity index (χ1v) is 12.0. The molecule has 5 rings (SSSR count). The molecule has 0 radical (unpaired) electrons. The fourth-order valence-electron chi connectivity index (χ4n) is 4.23. The average Bonchev–Trinajstić information content (AvgIpc) is 3.47. The Hall–Kier alpha value is -4.66. The molecule has 1 saturated heterocycles. The lowest BCUT2D eigenvalue weighted by molar-refractivity contribution is -0.118. The van der Waals surface area contributed by atoms with Crippen LogP contribution in [0, 0.1) is 0 Å². The van der Waals surface area contributed by atoms with Gasteiger partial charge in [-0.15, -0.1) is 0 Å². The van der Waals surface area contributed by atoms with Crippen molar-refractivity contribution >= 4 is 40.0 Å². The molecule has 0 atom stereocenters. The van der Waals surface area contributed by atoms with Crippen molar-refractivity contribution in [3.63, 3.8) is 0 Å². The number of amides is 2. The van der Waals surface area contributed by atoms with E-state index >= 15 is 0 Å². The van der Waals surface area contributed by atoms with Gasteiger partial charge in [0.1, 0.15) is 17.1 Å². The van der Waals surface area contributed by atoms with Crippen molar-refractivity contribution in [1.82, 2.24) is 9.88 Å². The maximum absolute atomic E-state index is 12.5. The first-order chi connectivity index (χ1) is 18.0. The summed E-state index contributed by atoms with van der Waals surface area (Å²) in [6.45, 7) is 3.70. The van der Waals surface area contributed by atoms with Gasteiger partial charge in [0.25, 0.3) is 11.8 Å². The predicted molar refractivity (Wildman–Crippen MR) is 139 cm³/mol. The van der Waals surface area contributed by atoms with Gasteiger partial charge >= 0.3 is 0 Å². The highest BCUT2D eigenvalue weighted by atomic mass is 16.5. The summed E-state index contributed by atoms with van der Waals surface area (Å²) in [6.07, 6.45) is 1.50. The summed E-state index contributed by atoms with van der Waals surface area (Å²) in [5.74, 6) is 1.17. The number of para-hydroxylation sites is 1. The number of hydrogen-bond acceptors (Lipinski definition) is 7. The summed E-state index contributed by atoms with van der Waals surface area (Å²) < 4.78 is 11.1. The van der Waals surface area contributed by atoms with E-state index < -0.39 is 0 Å². The normalized spacial score (nSPS) is 13.4. The number of anilines is 2. The summed E-state index contributed by atoms with van der Waals surface area (Å²) in [5, 5.41) is 3.67. The minimum atomic E-state index is -0.318. The quantitative estimate of drug-likeness (QED) is 0.384. The molecule has 1 fully saturated rings. The molecule has 0 bridgehead atoms. The van der Waals surface area contributed by atoms with E-state index in [0.29, 0.717) is 54.5 Å². The van der Waals surface area contributed by atoms with Crippen molar-refractivity contribution in [2.75, 3.05) is 43.0 Å².